The fourth-order valence-electron chi connectivity index (χ4n) is 2.08. The van der Waals surface area contributed by atoms with Crippen LogP contribution in [0.15, 0.2) is 43.9 Å². The van der Waals surface area contributed by atoms with Gasteiger partial charge >= 0.3 is 0 Å². The van der Waals surface area contributed by atoms with Crippen LogP contribution in [0.2, 0.25) is 0 Å². The van der Waals surface area contributed by atoms with Crippen molar-refractivity contribution in [3.05, 3.63) is 50.8 Å². The van der Waals surface area contributed by atoms with Crippen molar-refractivity contribution in [2.75, 3.05) is 13.2 Å². The van der Waals surface area contributed by atoms with Crippen molar-refractivity contribution in [1.29, 1.82) is 0 Å². The van der Waals surface area contributed by atoms with Gasteiger partial charge in [-0.1, -0.05) is 22.9 Å². The van der Waals surface area contributed by atoms with Crippen molar-refractivity contribution in [1.82, 2.24) is 5.32 Å². The Morgan fingerprint density at radius 3 is 2.60 bits per heavy atom. The molecule has 108 valence electrons. The molecular formula is C15H17Br2NO2. The molecule has 0 fully saturated rings. The molecule has 1 atom stereocenters. The van der Waals surface area contributed by atoms with E-state index in [1.807, 2.05) is 31.2 Å². The minimum atomic E-state index is -0.0367. The minimum Gasteiger partial charge on any atom is -0.494 e. The molecule has 0 saturated carbocycles. The SMILES string of the molecule is CCNC(c1ccc(Br)o1)c1cc(Br)ccc1OCC. The summed E-state index contributed by atoms with van der Waals surface area (Å²) in [6.07, 6.45) is 0. The maximum atomic E-state index is 5.73. The molecule has 0 amide bonds. The van der Waals surface area contributed by atoms with Gasteiger partial charge in [-0.05, 0) is 59.7 Å². The summed E-state index contributed by atoms with van der Waals surface area (Å²) in [6.45, 7) is 5.53. The number of nitrogens with one attached hydrogen (secondary N) is 1. The number of ether oxygens (including phenoxy) is 1. The summed E-state index contributed by atoms with van der Waals surface area (Å²) in [5.41, 5.74) is 1.06. The molecule has 20 heavy (non-hydrogen) atoms. The van der Waals surface area contributed by atoms with Crippen molar-refractivity contribution in [2.45, 2.75) is 19.9 Å². The van der Waals surface area contributed by atoms with Crippen LogP contribution in [-0.4, -0.2) is 13.2 Å². The first-order valence-corrected chi connectivity index (χ1v) is 8.15. The molecule has 0 saturated heterocycles. The lowest BCUT2D eigenvalue weighted by atomic mass is 10.0. The third-order valence-electron chi connectivity index (χ3n) is 2.87. The average molecular weight is 403 g/mol. The van der Waals surface area contributed by atoms with E-state index in [-0.39, 0.29) is 6.04 Å². The highest BCUT2D eigenvalue weighted by atomic mass is 79.9. The second-order valence-electron chi connectivity index (χ2n) is 4.25. The zero-order valence-electron chi connectivity index (χ0n) is 11.5. The highest BCUT2D eigenvalue weighted by Gasteiger charge is 2.21. The molecule has 1 heterocycles. The van der Waals surface area contributed by atoms with Gasteiger partial charge in [0.1, 0.15) is 11.5 Å². The zero-order chi connectivity index (χ0) is 14.5. The van der Waals surface area contributed by atoms with Gasteiger partial charge in [-0.3, -0.25) is 0 Å². The first kappa shape index (κ1) is 15.6. The Bertz CT molecular complexity index is 569. The molecule has 2 rings (SSSR count). The number of hydrogen-bond acceptors (Lipinski definition) is 3. The fraction of sp³-hybridized carbons (Fsp3) is 0.333. The van der Waals surface area contributed by atoms with E-state index in [0.717, 1.165) is 32.8 Å². The fourth-order valence-corrected chi connectivity index (χ4v) is 2.78. The topological polar surface area (TPSA) is 34.4 Å². The maximum absolute atomic E-state index is 5.73. The molecule has 1 unspecified atom stereocenters. The molecule has 0 radical (unpaired) electrons. The lowest BCUT2D eigenvalue weighted by molar-refractivity contribution is 0.330. The van der Waals surface area contributed by atoms with Gasteiger partial charge in [0, 0.05) is 10.0 Å². The van der Waals surface area contributed by atoms with Gasteiger partial charge in [0.2, 0.25) is 0 Å². The Hall–Kier alpha value is -0.780. The van der Waals surface area contributed by atoms with Gasteiger partial charge in [-0.25, -0.2) is 0 Å². The Labute approximate surface area is 136 Å². The molecule has 1 aromatic carbocycles. The van der Waals surface area contributed by atoms with Crippen LogP contribution in [0.1, 0.15) is 31.2 Å². The van der Waals surface area contributed by atoms with Crippen molar-refractivity contribution in [2.24, 2.45) is 0 Å². The van der Waals surface area contributed by atoms with Gasteiger partial charge in [-0.2, -0.15) is 0 Å². The van der Waals surface area contributed by atoms with E-state index < -0.39 is 0 Å². The highest BCUT2D eigenvalue weighted by Crippen LogP contribution is 2.34. The lowest BCUT2D eigenvalue weighted by Gasteiger charge is -2.20. The monoisotopic (exact) mass is 401 g/mol. The summed E-state index contributed by atoms with van der Waals surface area (Å²) in [6, 6.07) is 9.85. The Morgan fingerprint density at radius 1 is 1.20 bits per heavy atom. The molecule has 0 aliphatic heterocycles. The third-order valence-corrected chi connectivity index (χ3v) is 3.79. The summed E-state index contributed by atoms with van der Waals surface area (Å²) in [4.78, 5) is 0. The average Bonchev–Trinajstić information content (AvgIpc) is 2.85. The third kappa shape index (κ3) is 3.65. The minimum absolute atomic E-state index is 0.0367. The molecule has 0 bridgehead atoms. The summed E-state index contributed by atoms with van der Waals surface area (Å²) in [5.74, 6) is 1.73. The van der Waals surface area contributed by atoms with E-state index in [1.54, 1.807) is 0 Å². The summed E-state index contributed by atoms with van der Waals surface area (Å²) in [7, 11) is 0. The molecule has 3 nitrogen and oxygen atoms in total. The molecular weight excluding hydrogens is 386 g/mol. The number of rotatable bonds is 6. The van der Waals surface area contributed by atoms with Crippen LogP contribution in [0.3, 0.4) is 0 Å². The predicted molar refractivity (Wildman–Crippen MR) is 87.2 cm³/mol. The van der Waals surface area contributed by atoms with Crippen LogP contribution >= 0.6 is 31.9 Å². The summed E-state index contributed by atoms with van der Waals surface area (Å²) < 4.78 is 13.2. The Morgan fingerprint density at radius 2 is 2.00 bits per heavy atom. The maximum Gasteiger partial charge on any atom is 0.169 e. The van der Waals surface area contributed by atoms with E-state index in [0.29, 0.717) is 6.61 Å². The first-order chi connectivity index (χ1) is 9.65. The quantitative estimate of drug-likeness (QED) is 0.745. The van der Waals surface area contributed by atoms with Gasteiger partial charge in [0.15, 0.2) is 4.67 Å². The van der Waals surface area contributed by atoms with Crippen LogP contribution in [0.4, 0.5) is 0 Å². The van der Waals surface area contributed by atoms with Crippen LogP contribution in [-0.2, 0) is 0 Å². The second-order valence-corrected chi connectivity index (χ2v) is 5.94. The molecule has 1 aromatic heterocycles. The van der Waals surface area contributed by atoms with Crippen molar-refractivity contribution < 1.29 is 9.15 Å². The standard InChI is InChI=1S/C15H17Br2NO2/c1-3-18-15(13-7-8-14(17)20-13)11-9-10(16)5-6-12(11)19-4-2/h5-9,15,18H,3-4H2,1-2H3. The molecule has 1 N–H and O–H groups in total. The van der Waals surface area contributed by atoms with Crippen molar-refractivity contribution in [3.63, 3.8) is 0 Å². The molecule has 2 aromatic rings. The van der Waals surface area contributed by atoms with E-state index in [4.69, 9.17) is 9.15 Å². The molecule has 0 aliphatic rings. The van der Waals surface area contributed by atoms with E-state index in [2.05, 4.69) is 50.2 Å². The van der Waals surface area contributed by atoms with Crippen LogP contribution < -0.4 is 10.1 Å². The number of halogens is 2. The number of hydrogen-bond donors (Lipinski definition) is 1. The predicted octanol–water partition coefficient (Wildman–Crippen LogP) is 4.90. The van der Waals surface area contributed by atoms with Crippen LogP contribution in [0.25, 0.3) is 0 Å². The Kier molecular flexibility index (Phi) is 5.69. The van der Waals surface area contributed by atoms with Crippen molar-refractivity contribution >= 4 is 31.9 Å². The van der Waals surface area contributed by atoms with E-state index in [1.165, 1.54) is 0 Å². The first-order valence-electron chi connectivity index (χ1n) is 6.56. The zero-order valence-corrected chi connectivity index (χ0v) is 14.6. The van der Waals surface area contributed by atoms with Gasteiger partial charge in [-0.15, -0.1) is 0 Å². The van der Waals surface area contributed by atoms with E-state index in [9.17, 15) is 0 Å². The largest absolute Gasteiger partial charge is 0.494 e. The summed E-state index contributed by atoms with van der Waals surface area (Å²) >= 11 is 6.87. The van der Waals surface area contributed by atoms with Crippen LogP contribution in [0, 0.1) is 0 Å². The number of benzene rings is 1. The van der Waals surface area contributed by atoms with E-state index >= 15 is 0 Å². The van der Waals surface area contributed by atoms with Gasteiger partial charge in [0.25, 0.3) is 0 Å². The van der Waals surface area contributed by atoms with Gasteiger partial charge < -0.3 is 14.5 Å². The Balaban J connectivity index is 2.45. The highest BCUT2D eigenvalue weighted by molar-refractivity contribution is 9.10. The van der Waals surface area contributed by atoms with Gasteiger partial charge in [0.05, 0.1) is 12.6 Å². The molecule has 0 aliphatic carbocycles. The lowest BCUT2D eigenvalue weighted by Crippen LogP contribution is -2.22. The van der Waals surface area contributed by atoms with Crippen LogP contribution in [0.5, 0.6) is 5.75 Å². The molecule has 0 spiro atoms. The molecule has 5 heteroatoms. The smallest absolute Gasteiger partial charge is 0.169 e. The second kappa shape index (κ2) is 7.29. The normalized spacial score (nSPS) is 12.4. The van der Waals surface area contributed by atoms with Crippen molar-refractivity contribution in [3.8, 4) is 5.75 Å². The summed E-state index contributed by atoms with van der Waals surface area (Å²) in [5, 5.41) is 3.44. The number of furan rings is 1.